The van der Waals surface area contributed by atoms with Crippen LogP contribution < -0.4 is 0 Å². The van der Waals surface area contributed by atoms with E-state index in [2.05, 4.69) is 23.2 Å². The van der Waals surface area contributed by atoms with Gasteiger partial charge in [0, 0.05) is 0 Å². The molecule has 0 aromatic carbocycles. The van der Waals surface area contributed by atoms with Gasteiger partial charge in [0.2, 0.25) is 0 Å². The van der Waals surface area contributed by atoms with Crippen molar-refractivity contribution in [1.29, 1.82) is 0 Å². The van der Waals surface area contributed by atoms with Crippen molar-refractivity contribution in [3.05, 3.63) is 0 Å². The van der Waals surface area contributed by atoms with E-state index in [0.29, 0.717) is 0 Å². The van der Waals surface area contributed by atoms with E-state index in [1.165, 1.54) is 0 Å². The van der Waals surface area contributed by atoms with Crippen LogP contribution in [0.15, 0.2) is 0 Å². The van der Waals surface area contributed by atoms with Crippen LogP contribution in [0.1, 0.15) is 0 Å². The van der Waals surface area contributed by atoms with Crippen LogP contribution in [0.3, 0.4) is 0 Å². The Labute approximate surface area is 30.6 Å². The molecule has 0 saturated heterocycles. The third kappa shape index (κ3) is 53.2. The topological polar surface area (TPSA) is 0 Å². The summed E-state index contributed by atoms with van der Waals surface area (Å²) in [6, 6.07) is 0. The van der Waals surface area contributed by atoms with Crippen molar-refractivity contribution in [1.82, 2.24) is 0 Å². The number of hydrogen-bond acceptors (Lipinski definition) is 0. The van der Waals surface area contributed by atoms with Crippen LogP contribution in [0.2, 0.25) is 0 Å². The molecule has 4 heteroatoms. The molecule has 0 aliphatic rings. The Kier molecular flexibility index (Phi) is 1.67. The molecule has 4 heavy (non-hydrogen) atoms. The summed E-state index contributed by atoms with van der Waals surface area (Å²) >= 11 is 0. The molecule has 0 bridgehead atoms. The Morgan fingerprint density at radius 2 is 1.50 bits per heavy atom. The van der Waals surface area contributed by atoms with Gasteiger partial charge in [0.25, 0.3) is 0 Å². The lowest BCUT2D eigenvalue weighted by Crippen LogP contribution is -2.11. The highest BCUT2D eigenvalue weighted by atomic mass is 12.5. The summed E-state index contributed by atoms with van der Waals surface area (Å²) in [5.74, 6) is 0. The van der Waals surface area contributed by atoms with E-state index in [9.17, 15) is 0 Å². The fourth-order valence-electron chi connectivity index (χ4n) is 0. The first-order chi connectivity index (χ1) is 1.73. The summed E-state index contributed by atoms with van der Waals surface area (Å²) in [5.41, 5.74) is 0. The van der Waals surface area contributed by atoms with E-state index < -0.39 is 6.39 Å². The zero-order valence-electron chi connectivity index (χ0n) is 2.31. The largest absolute Gasteiger partial charge is 0.687 e. The minimum absolute atomic E-state index is 0.667. The van der Waals surface area contributed by atoms with Gasteiger partial charge >= 0.3 is 0 Å². The Morgan fingerprint density at radius 1 is 1.50 bits per heavy atom. The first-order valence-electron chi connectivity index (χ1n) is 1.00. The lowest BCUT2D eigenvalue weighted by molar-refractivity contribution is 4.02. The fourth-order valence-corrected chi connectivity index (χ4v) is 0. The maximum absolute atomic E-state index is 4.67. The lowest BCUT2D eigenvalue weighted by Gasteiger charge is -2.00. The smallest absolute Gasteiger partial charge is 0.0432 e. The molecule has 0 rings (SSSR count). The van der Waals surface area contributed by atoms with Gasteiger partial charge in [-0.3, -0.25) is 0 Å². The molecule has 0 atom stereocenters. The van der Waals surface area contributed by atoms with Crippen molar-refractivity contribution >= 4 is 29.6 Å². The van der Waals surface area contributed by atoms with Gasteiger partial charge in [0.15, 0.2) is 0 Å². The van der Waals surface area contributed by atoms with Crippen LogP contribution in [-0.4, -0.2) is 29.6 Å². The Hall–Kier alpha value is 0.260. The molecular weight excluding hydrogens is 43.2 g/mol. The van der Waals surface area contributed by atoms with Crippen LogP contribution in [0, 0.1) is 0 Å². The van der Waals surface area contributed by atoms with Gasteiger partial charge in [-0.15, -0.1) is 0 Å². The van der Waals surface area contributed by atoms with Crippen LogP contribution in [0.4, 0.5) is 0 Å². The van der Waals surface area contributed by atoms with Gasteiger partial charge in [-0.05, 0) is 15.5 Å². The van der Waals surface area contributed by atoms with Gasteiger partial charge < -0.3 is 7.74 Å². The zero-order valence-corrected chi connectivity index (χ0v) is 2.31. The molecule has 0 N–H and O–H groups in total. The summed E-state index contributed by atoms with van der Waals surface area (Å²) in [6.45, 7) is 0. The quantitative estimate of drug-likeness (QED) is 0.289. The van der Waals surface area contributed by atoms with Crippen molar-refractivity contribution in [3.63, 3.8) is 0 Å². The average molecular weight is 43.2 g/mol. The summed E-state index contributed by atoms with van der Waals surface area (Å²) in [4.78, 5) is 0. The molecule has 0 fully saturated rings. The highest BCUT2D eigenvalue weighted by Crippen LogP contribution is 1.35. The molecule has 0 saturated carbocycles. The van der Waals surface area contributed by atoms with Crippen molar-refractivity contribution in [2.75, 3.05) is 0 Å². The maximum atomic E-state index is 4.67. The van der Waals surface area contributed by atoms with E-state index in [4.69, 9.17) is 0 Å². The zero-order chi connectivity index (χ0) is 3.58. The van der Waals surface area contributed by atoms with Crippen LogP contribution >= 0.6 is 0 Å². The average Bonchev–Trinajstić information content (AvgIpc) is 0.811. The number of hydrogen-bond donors (Lipinski definition) is 0. The summed E-state index contributed by atoms with van der Waals surface area (Å²) in [5, 5.41) is 0. The summed E-state index contributed by atoms with van der Waals surface area (Å²) in [6.07, 6.45) is -0.667. The van der Waals surface area contributed by atoms with E-state index in [1.54, 1.807) is 0 Å². The van der Waals surface area contributed by atoms with Crippen LogP contribution in [0.5, 0.6) is 0 Å². The van der Waals surface area contributed by atoms with Crippen LogP contribution in [-0.2, 0) is 0 Å². The SMILES string of the molecule is [B]B([B])[B-]. The van der Waals surface area contributed by atoms with E-state index in [1.807, 2.05) is 0 Å². The van der Waals surface area contributed by atoms with E-state index >= 15 is 0 Å². The summed E-state index contributed by atoms with van der Waals surface area (Å²) < 4.78 is 0. The molecule has 0 amide bonds. The van der Waals surface area contributed by atoms with Gasteiger partial charge in [0.1, 0.15) is 0 Å². The van der Waals surface area contributed by atoms with E-state index in [0.717, 1.165) is 0 Å². The van der Waals surface area contributed by atoms with Crippen molar-refractivity contribution in [2.24, 2.45) is 0 Å². The molecular formula is B4-. The molecule has 0 aromatic heterocycles. The summed E-state index contributed by atoms with van der Waals surface area (Å²) in [7, 11) is 14.0. The highest BCUT2D eigenvalue weighted by Gasteiger charge is 1.51. The Bertz CT molecular complexity index is 4.75. The molecule has 0 aliphatic carbocycles. The molecule has 0 heterocycles. The minimum atomic E-state index is -0.667. The Balaban J connectivity index is 2.32. The lowest BCUT2D eigenvalue weighted by atomic mass is 9.08. The van der Waals surface area contributed by atoms with E-state index in [-0.39, 0.29) is 0 Å². The Morgan fingerprint density at radius 3 is 1.50 bits per heavy atom. The van der Waals surface area contributed by atoms with Crippen LogP contribution in [0.25, 0.3) is 0 Å². The number of rotatable bonds is 0. The van der Waals surface area contributed by atoms with Gasteiger partial charge in [-0.2, -0.15) is 0 Å². The molecule has 0 nitrogen and oxygen atoms in total. The maximum Gasteiger partial charge on any atom is -0.0432 e. The second-order valence-corrected chi connectivity index (χ2v) is 0.577. The van der Waals surface area contributed by atoms with Crippen molar-refractivity contribution < 1.29 is 0 Å². The molecule has 7 radical (unpaired) electrons. The van der Waals surface area contributed by atoms with Crippen molar-refractivity contribution in [2.45, 2.75) is 0 Å². The first-order valence-corrected chi connectivity index (χ1v) is 1.00. The fraction of sp³-hybridized carbons (Fsp3) is 0. The molecule has 13 valence electrons. The highest BCUT2D eigenvalue weighted by molar-refractivity contribution is 7.49. The predicted octanol–water partition coefficient (Wildman–Crippen LogP) is -1.52. The molecule has 0 aromatic rings. The predicted molar refractivity (Wildman–Crippen MR) is 23.0 cm³/mol. The van der Waals surface area contributed by atoms with Gasteiger partial charge in [0.05, 0.1) is 0 Å². The second kappa shape index (κ2) is 1.57. The molecule has 0 aliphatic heterocycles. The monoisotopic (exact) mass is 44.0 g/mol. The second-order valence-electron chi connectivity index (χ2n) is 0.577. The molecule has 0 spiro atoms. The minimum Gasteiger partial charge on any atom is -0.687 e. The first kappa shape index (κ1) is 4.26. The normalized spacial score (nSPS) is 6.25. The third-order valence-electron chi connectivity index (χ3n) is 0. The third-order valence-corrected chi connectivity index (χ3v) is 0. The van der Waals surface area contributed by atoms with Gasteiger partial charge in [-0.1, -0.05) is 0 Å². The molecule has 0 unspecified atom stereocenters. The standard InChI is InChI=1S/B4/c1-4(2)3/q-1. The van der Waals surface area contributed by atoms with Gasteiger partial charge in [-0.25, -0.2) is 6.39 Å². The van der Waals surface area contributed by atoms with Crippen molar-refractivity contribution in [3.8, 4) is 0 Å².